The summed E-state index contributed by atoms with van der Waals surface area (Å²) in [5, 5.41) is 60.5. The van der Waals surface area contributed by atoms with Crippen LogP contribution in [0.4, 0.5) is 0 Å². The Morgan fingerprint density at radius 1 is 0.976 bits per heavy atom. The monoisotopic (exact) mass is 568 g/mol. The lowest BCUT2D eigenvalue weighted by Gasteiger charge is -2.39. The molecule has 0 amide bonds. The summed E-state index contributed by atoms with van der Waals surface area (Å²) in [6.07, 6.45) is 0.345. The Hall–Kier alpha value is -3.67. The molecular weight excluding hydrogens is 532 g/mol. The standard InChI is InChI=1S/C31H36O10/c1-16(2)5-4-6-17(3)7-12-20-22(33)13-23(34)25-26(35)21(15-39-30(20)25)18-8-10-19(11-9-18)40-31-29(38)28(37)27(36)24(14-32)41-31/h5,7-11,13,15,24,27-29,31-34,36-38H,4,6,12,14H2,1-3H3/b17-7+/t24-,27-,28+,29-,31-/m1/s1. The summed E-state index contributed by atoms with van der Waals surface area (Å²) in [4.78, 5) is 13.5. The second kappa shape index (κ2) is 12.9. The maximum Gasteiger partial charge on any atom is 0.229 e. The van der Waals surface area contributed by atoms with Crippen LogP contribution in [0.3, 0.4) is 0 Å². The first-order valence-electron chi connectivity index (χ1n) is 13.4. The number of phenols is 2. The number of phenolic OH excluding ortho intramolecular Hbond substituents is 2. The Labute approximate surface area is 237 Å². The predicted octanol–water partition coefficient (Wildman–Crippen LogP) is 3.29. The van der Waals surface area contributed by atoms with Crippen molar-refractivity contribution in [1.29, 1.82) is 0 Å². The summed E-state index contributed by atoms with van der Waals surface area (Å²) in [7, 11) is 0. The molecule has 6 N–H and O–H groups in total. The summed E-state index contributed by atoms with van der Waals surface area (Å²) >= 11 is 0. The number of aliphatic hydroxyl groups excluding tert-OH is 4. The molecule has 0 aliphatic carbocycles. The highest BCUT2D eigenvalue weighted by atomic mass is 16.7. The lowest BCUT2D eigenvalue weighted by molar-refractivity contribution is -0.277. The van der Waals surface area contributed by atoms with Gasteiger partial charge < -0.3 is 44.5 Å². The number of ether oxygens (including phenoxy) is 2. The van der Waals surface area contributed by atoms with Crippen molar-refractivity contribution in [3.8, 4) is 28.4 Å². The van der Waals surface area contributed by atoms with E-state index in [2.05, 4.69) is 6.08 Å². The molecule has 1 saturated heterocycles. The van der Waals surface area contributed by atoms with Crippen LogP contribution in [-0.2, 0) is 11.2 Å². The van der Waals surface area contributed by atoms with Gasteiger partial charge in [-0.1, -0.05) is 35.4 Å². The lowest BCUT2D eigenvalue weighted by Crippen LogP contribution is -2.60. The van der Waals surface area contributed by atoms with E-state index in [0.717, 1.165) is 24.5 Å². The van der Waals surface area contributed by atoms with E-state index in [-0.39, 0.29) is 28.0 Å². The van der Waals surface area contributed by atoms with Gasteiger partial charge in [0.1, 0.15) is 58.9 Å². The quantitative estimate of drug-likeness (QED) is 0.211. The molecule has 1 aromatic heterocycles. The largest absolute Gasteiger partial charge is 0.507 e. The highest BCUT2D eigenvalue weighted by molar-refractivity contribution is 5.91. The van der Waals surface area contributed by atoms with Gasteiger partial charge in [-0.25, -0.2) is 0 Å². The highest BCUT2D eigenvalue weighted by Gasteiger charge is 2.44. The van der Waals surface area contributed by atoms with Crippen LogP contribution in [0, 0.1) is 0 Å². The minimum Gasteiger partial charge on any atom is -0.507 e. The number of aromatic hydroxyl groups is 2. The van der Waals surface area contributed by atoms with Gasteiger partial charge >= 0.3 is 0 Å². The third kappa shape index (κ3) is 6.64. The highest BCUT2D eigenvalue weighted by Crippen LogP contribution is 2.35. The molecular formula is C31H36O10. The van der Waals surface area contributed by atoms with Gasteiger partial charge in [0.05, 0.1) is 12.2 Å². The van der Waals surface area contributed by atoms with Gasteiger partial charge in [0.25, 0.3) is 0 Å². The molecule has 1 aliphatic heterocycles. The van der Waals surface area contributed by atoms with Crippen molar-refractivity contribution in [2.45, 2.75) is 70.7 Å². The molecule has 10 heteroatoms. The Morgan fingerprint density at radius 2 is 1.68 bits per heavy atom. The number of rotatable bonds is 9. The van der Waals surface area contributed by atoms with Gasteiger partial charge in [-0.2, -0.15) is 0 Å². The Kier molecular flexibility index (Phi) is 9.52. The summed E-state index contributed by atoms with van der Waals surface area (Å²) in [6.45, 7) is 5.50. The number of aliphatic hydroxyl groups is 4. The molecule has 1 fully saturated rings. The molecule has 0 radical (unpaired) electrons. The van der Waals surface area contributed by atoms with Crippen molar-refractivity contribution in [2.24, 2.45) is 0 Å². The fourth-order valence-electron chi connectivity index (χ4n) is 4.70. The maximum absolute atomic E-state index is 13.5. The first kappa shape index (κ1) is 30.3. The molecule has 41 heavy (non-hydrogen) atoms. The summed E-state index contributed by atoms with van der Waals surface area (Å²) in [5.74, 6) is -0.345. The lowest BCUT2D eigenvalue weighted by atomic mass is 9.99. The van der Waals surface area contributed by atoms with E-state index >= 15 is 0 Å². The molecule has 0 bridgehead atoms. The summed E-state index contributed by atoms with van der Waals surface area (Å²) in [6, 6.07) is 7.28. The molecule has 5 atom stereocenters. The molecule has 2 heterocycles. The van der Waals surface area contributed by atoms with Crippen LogP contribution >= 0.6 is 0 Å². The van der Waals surface area contributed by atoms with Crippen molar-refractivity contribution in [3.05, 3.63) is 75.7 Å². The Bertz CT molecular complexity index is 1480. The van der Waals surface area contributed by atoms with Crippen LogP contribution in [-0.4, -0.2) is 68.0 Å². The first-order chi connectivity index (χ1) is 19.5. The van der Waals surface area contributed by atoms with E-state index in [9.17, 15) is 35.4 Å². The van der Waals surface area contributed by atoms with Crippen molar-refractivity contribution >= 4 is 11.0 Å². The zero-order valence-corrected chi connectivity index (χ0v) is 23.2. The van der Waals surface area contributed by atoms with Crippen molar-refractivity contribution < 1.29 is 44.5 Å². The molecule has 4 rings (SSSR count). The average Bonchev–Trinajstić information content (AvgIpc) is 2.93. The van der Waals surface area contributed by atoms with Gasteiger partial charge in [-0.3, -0.25) is 4.79 Å². The van der Waals surface area contributed by atoms with Gasteiger partial charge in [0.2, 0.25) is 11.7 Å². The number of hydrogen-bond donors (Lipinski definition) is 6. The minimum atomic E-state index is -1.58. The zero-order chi connectivity index (χ0) is 29.8. The smallest absolute Gasteiger partial charge is 0.229 e. The van der Waals surface area contributed by atoms with Crippen molar-refractivity contribution in [1.82, 2.24) is 0 Å². The normalized spacial score (nSPS) is 23.0. The third-order valence-electron chi connectivity index (χ3n) is 7.12. The third-order valence-corrected chi connectivity index (χ3v) is 7.12. The van der Waals surface area contributed by atoms with E-state index in [1.807, 2.05) is 26.8 Å². The van der Waals surface area contributed by atoms with Gasteiger partial charge in [0, 0.05) is 11.6 Å². The molecule has 220 valence electrons. The fraction of sp³-hybridized carbons (Fsp3) is 0.387. The van der Waals surface area contributed by atoms with E-state index < -0.39 is 48.5 Å². The van der Waals surface area contributed by atoms with Crippen molar-refractivity contribution in [3.63, 3.8) is 0 Å². The average molecular weight is 569 g/mol. The zero-order valence-electron chi connectivity index (χ0n) is 23.2. The van der Waals surface area contributed by atoms with Gasteiger partial charge in [0.15, 0.2) is 0 Å². The number of fused-ring (bicyclic) bond motifs is 1. The van der Waals surface area contributed by atoms with E-state index in [4.69, 9.17) is 13.9 Å². The SMILES string of the molecule is CC(C)=CCC/C(C)=C/Cc1c(O)cc(O)c2c(=O)c(-c3ccc(O[C@@H]4O[C@H](CO)[C@@H](O)[C@H](O)[C@H]4O)cc3)coc12. The van der Waals surface area contributed by atoms with Crippen LogP contribution in [0.2, 0.25) is 0 Å². The van der Waals surface area contributed by atoms with Gasteiger partial charge in [-0.05, 0) is 57.7 Å². The van der Waals surface area contributed by atoms with E-state index in [0.29, 0.717) is 17.5 Å². The second-order valence-corrected chi connectivity index (χ2v) is 10.5. The van der Waals surface area contributed by atoms with Crippen molar-refractivity contribution in [2.75, 3.05) is 6.61 Å². The number of hydrogen-bond acceptors (Lipinski definition) is 10. The molecule has 2 aromatic carbocycles. The first-order valence-corrected chi connectivity index (χ1v) is 13.4. The minimum absolute atomic E-state index is 0.0486. The Balaban J connectivity index is 1.58. The van der Waals surface area contributed by atoms with E-state index in [1.165, 1.54) is 24.0 Å². The molecule has 1 aliphatic rings. The van der Waals surface area contributed by atoms with E-state index in [1.54, 1.807) is 12.1 Å². The van der Waals surface area contributed by atoms with Crippen LogP contribution in [0.15, 0.2) is 69.1 Å². The molecule has 0 spiro atoms. The van der Waals surface area contributed by atoms with Crippen LogP contribution in [0.1, 0.15) is 39.2 Å². The maximum atomic E-state index is 13.5. The summed E-state index contributed by atoms with van der Waals surface area (Å²) in [5.41, 5.74) is 2.99. The molecule has 10 nitrogen and oxygen atoms in total. The second-order valence-electron chi connectivity index (χ2n) is 10.5. The predicted molar refractivity (Wildman–Crippen MR) is 152 cm³/mol. The van der Waals surface area contributed by atoms with Crippen LogP contribution < -0.4 is 10.2 Å². The number of benzene rings is 2. The summed E-state index contributed by atoms with van der Waals surface area (Å²) < 4.78 is 16.8. The Morgan fingerprint density at radius 3 is 2.34 bits per heavy atom. The molecule has 0 saturated carbocycles. The van der Waals surface area contributed by atoms with Crippen LogP contribution in [0.5, 0.6) is 17.2 Å². The fourth-order valence-corrected chi connectivity index (χ4v) is 4.70. The molecule has 0 unspecified atom stereocenters. The van der Waals surface area contributed by atoms with Gasteiger partial charge in [-0.15, -0.1) is 0 Å². The van der Waals surface area contributed by atoms with Crippen LogP contribution in [0.25, 0.3) is 22.1 Å². The molecule has 3 aromatic rings. The number of allylic oxidation sites excluding steroid dienone is 4. The topological polar surface area (TPSA) is 170 Å².